The van der Waals surface area contributed by atoms with Gasteiger partial charge in [-0.25, -0.2) is 17.8 Å². The maximum absolute atomic E-state index is 13.1. The van der Waals surface area contributed by atoms with E-state index in [0.29, 0.717) is 29.9 Å². The van der Waals surface area contributed by atoms with Crippen LogP contribution >= 0.6 is 11.6 Å². The Morgan fingerprint density at radius 2 is 1.76 bits per heavy atom. The normalized spacial score (nSPS) is 16.2. The van der Waals surface area contributed by atoms with E-state index in [4.69, 9.17) is 11.6 Å². The fourth-order valence-corrected chi connectivity index (χ4v) is 5.28. The second-order valence-corrected chi connectivity index (χ2v) is 9.24. The molecule has 152 valence electrons. The van der Waals surface area contributed by atoms with Gasteiger partial charge in [0, 0.05) is 30.4 Å². The molecule has 0 bridgehead atoms. The average molecular weight is 436 g/mol. The summed E-state index contributed by atoms with van der Waals surface area (Å²) >= 11 is 6.21. The Morgan fingerprint density at radius 3 is 2.45 bits per heavy atom. The van der Waals surface area contributed by atoms with Crippen LogP contribution in [0.5, 0.6) is 0 Å². The monoisotopic (exact) mass is 435 g/mol. The number of aliphatic hydroxyl groups excluding tert-OH is 1. The van der Waals surface area contributed by atoms with E-state index in [-0.39, 0.29) is 28.8 Å². The van der Waals surface area contributed by atoms with Crippen molar-refractivity contribution in [2.75, 3.05) is 13.1 Å². The van der Waals surface area contributed by atoms with Crippen LogP contribution in [0.15, 0.2) is 53.6 Å². The van der Waals surface area contributed by atoms with Crippen molar-refractivity contribution in [3.63, 3.8) is 0 Å². The topological polar surface area (TPSA) is 86.3 Å². The van der Waals surface area contributed by atoms with Gasteiger partial charge in [-0.1, -0.05) is 11.6 Å². The lowest BCUT2D eigenvalue weighted by Crippen LogP contribution is -2.40. The molecule has 1 aliphatic rings. The number of imidazole rings is 1. The zero-order chi connectivity index (χ0) is 20.6. The molecular weight excluding hydrogens is 417 g/mol. The van der Waals surface area contributed by atoms with Crippen molar-refractivity contribution >= 4 is 21.6 Å². The lowest BCUT2D eigenvalue weighted by atomic mass is 10.1. The summed E-state index contributed by atoms with van der Waals surface area (Å²) < 4.78 is 40.6. The minimum atomic E-state index is -3.79. The maximum atomic E-state index is 13.1. The zero-order valence-corrected chi connectivity index (χ0v) is 16.9. The van der Waals surface area contributed by atoms with Crippen LogP contribution in [-0.2, 0) is 10.0 Å². The lowest BCUT2D eigenvalue weighted by molar-refractivity contribution is 0.113. The van der Waals surface area contributed by atoms with Crippen molar-refractivity contribution in [3.8, 4) is 22.6 Å². The first-order valence-electron chi connectivity index (χ1n) is 9.14. The quantitative estimate of drug-likeness (QED) is 0.654. The highest BCUT2D eigenvalue weighted by Crippen LogP contribution is 2.31. The number of nitrogens with zero attached hydrogens (tertiary/aromatic N) is 2. The van der Waals surface area contributed by atoms with E-state index in [1.807, 2.05) is 0 Å². The third kappa shape index (κ3) is 4.06. The van der Waals surface area contributed by atoms with Gasteiger partial charge < -0.3 is 10.1 Å². The molecule has 2 N–H and O–H groups in total. The molecular formula is C20H19ClFN3O3S. The van der Waals surface area contributed by atoms with Crippen molar-refractivity contribution in [3.05, 3.63) is 59.5 Å². The van der Waals surface area contributed by atoms with Crippen LogP contribution in [0, 0.1) is 5.82 Å². The van der Waals surface area contributed by atoms with Gasteiger partial charge in [-0.2, -0.15) is 4.31 Å². The van der Waals surface area contributed by atoms with Crippen LogP contribution in [0.2, 0.25) is 5.02 Å². The van der Waals surface area contributed by atoms with E-state index in [1.54, 1.807) is 24.4 Å². The van der Waals surface area contributed by atoms with Gasteiger partial charge in [-0.15, -0.1) is 0 Å². The SMILES string of the molecule is O=S(=O)(c1cc(-c2nc(-c3ccc(F)cc3)c[nH]2)ccc1Cl)N1CCC(O)CC1. The van der Waals surface area contributed by atoms with Gasteiger partial charge in [0.15, 0.2) is 0 Å². The first-order valence-corrected chi connectivity index (χ1v) is 11.0. The second kappa shape index (κ2) is 7.87. The largest absolute Gasteiger partial charge is 0.393 e. The predicted octanol–water partition coefficient (Wildman–Crippen LogP) is 3.68. The number of hydrogen-bond acceptors (Lipinski definition) is 4. The smallest absolute Gasteiger partial charge is 0.244 e. The molecule has 9 heteroatoms. The second-order valence-electron chi connectivity index (χ2n) is 6.92. The summed E-state index contributed by atoms with van der Waals surface area (Å²) in [6.07, 6.45) is 2.00. The van der Waals surface area contributed by atoms with E-state index in [1.165, 1.54) is 28.6 Å². The molecule has 0 atom stereocenters. The van der Waals surface area contributed by atoms with Gasteiger partial charge in [0.1, 0.15) is 16.5 Å². The molecule has 4 rings (SSSR count). The molecule has 3 aromatic rings. The lowest BCUT2D eigenvalue weighted by Gasteiger charge is -2.29. The van der Waals surface area contributed by atoms with Crippen LogP contribution in [0.25, 0.3) is 22.6 Å². The Bertz CT molecular complexity index is 1120. The number of benzene rings is 2. The highest BCUT2D eigenvalue weighted by atomic mass is 35.5. The van der Waals surface area contributed by atoms with Crippen molar-refractivity contribution < 1.29 is 17.9 Å². The molecule has 6 nitrogen and oxygen atoms in total. The summed E-state index contributed by atoms with van der Waals surface area (Å²) in [7, 11) is -3.79. The third-order valence-electron chi connectivity index (χ3n) is 4.96. The molecule has 0 aliphatic carbocycles. The molecule has 1 saturated heterocycles. The van der Waals surface area contributed by atoms with Gasteiger partial charge in [-0.05, 0) is 55.3 Å². The standard InChI is InChI=1S/C20H19ClFN3O3S/c21-17-6-3-14(11-19(17)29(27,28)25-9-7-16(26)8-10-25)20-23-12-18(24-20)13-1-4-15(22)5-2-13/h1-6,11-12,16,26H,7-10H2,(H,23,24). The van der Waals surface area contributed by atoms with Gasteiger partial charge in [0.25, 0.3) is 0 Å². The number of halogens is 2. The first-order chi connectivity index (χ1) is 13.8. The molecule has 2 heterocycles. The Morgan fingerprint density at radius 1 is 1.10 bits per heavy atom. The number of hydrogen-bond donors (Lipinski definition) is 2. The summed E-state index contributed by atoms with van der Waals surface area (Å²) in [4.78, 5) is 7.53. The fourth-order valence-electron chi connectivity index (χ4n) is 3.31. The summed E-state index contributed by atoms with van der Waals surface area (Å²) in [6, 6.07) is 10.7. The maximum Gasteiger partial charge on any atom is 0.244 e. The summed E-state index contributed by atoms with van der Waals surface area (Å²) in [6.45, 7) is 0.499. The van der Waals surface area contributed by atoms with Crippen molar-refractivity contribution in [2.45, 2.75) is 23.8 Å². The molecule has 2 aromatic carbocycles. The van der Waals surface area contributed by atoms with Crippen molar-refractivity contribution in [2.24, 2.45) is 0 Å². The van der Waals surface area contributed by atoms with Crippen LogP contribution in [0.1, 0.15) is 12.8 Å². The van der Waals surface area contributed by atoms with E-state index in [0.717, 1.165) is 5.56 Å². The zero-order valence-electron chi connectivity index (χ0n) is 15.3. The van der Waals surface area contributed by atoms with Crippen LogP contribution in [0.4, 0.5) is 4.39 Å². The Labute approximate surface area is 173 Å². The van der Waals surface area contributed by atoms with Gasteiger partial charge in [-0.3, -0.25) is 0 Å². The van der Waals surface area contributed by atoms with Crippen LogP contribution in [0.3, 0.4) is 0 Å². The minimum absolute atomic E-state index is 0.00721. The predicted molar refractivity (Wildman–Crippen MR) is 108 cm³/mol. The number of aromatic amines is 1. The summed E-state index contributed by atoms with van der Waals surface area (Å²) in [5.41, 5.74) is 1.92. The number of nitrogens with one attached hydrogen (secondary N) is 1. The highest BCUT2D eigenvalue weighted by molar-refractivity contribution is 7.89. The summed E-state index contributed by atoms with van der Waals surface area (Å²) in [5, 5.41) is 9.77. The molecule has 0 spiro atoms. The number of H-pyrrole nitrogens is 1. The van der Waals surface area contributed by atoms with E-state index in [9.17, 15) is 17.9 Å². The molecule has 1 aromatic heterocycles. The molecule has 1 aliphatic heterocycles. The number of sulfonamides is 1. The molecule has 1 fully saturated rings. The van der Waals surface area contributed by atoms with E-state index >= 15 is 0 Å². The molecule has 0 saturated carbocycles. The fraction of sp³-hybridized carbons (Fsp3) is 0.250. The number of aliphatic hydroxyl groups is 1. The van der Waals surface area contributed by atoms with E-state index in [2.05, 4.69) is 9.97 Å². The number of rotatable bonds is 4. The van der Waals surface area contributed by atoms with Gasteiger partial charge in [0.2, 0.25) is 10.0 Å². The van der Waals surface area contributed by atoms with Gasteiger partial charge in [0.05, 0.1) is 16.8 Å². The minimum Gasteiger partial charge on any atom is -0.393 e. The number of aromatic nitrogens is 2. The Balaban J connectivity index is 1.66. The average Bonchev–Trinajstić information content (AvgIpc) is 3.19. The Kier molecular flexibility index (Phi) is 5.44. The number of piperidine rings is 1. The molecule has 0 amide bonds. The third-order valence-corrected chi connectivity index (χ3v) is 7.34. The first kappa shape index (κ1) is 20.0. The molecule has 29 heavy (non-hydrogen) atoms. The van der Waals surface area contributed by atoms with Gasteiger partial charge >= 0.3 is 0 Å². The van der Waals surface area contributed by atoms with Crippen molar-refractivity contribution in [1.29, 1.82) is 0 Å². The highest BCUT2D eigenvalue weighted by Gasteiger charge is 2.30. The molecule has 0 unspecified atom stereocenters. The van der Waals surface area contributed by atoms with Crippen LogP contribution < -0.4 is 0 Å². The van der Waals surface area contributed by atoms with E-state index < -0.39 is 16.1 Å². The van der Waals surface area contributed by atoms with Crippen LogP contribution in [-0.4, -0.2) is 47.0 Å². The molecule has 0 radical (unpaired) electrons. The Hall–Kier alpha value is -2.26. The van der Waals surface area contributed by atoms with Crippen molar-refractivity contribution in [1.82, 2.24) is 14.3 Å². The summed E-state index contributed by atoms with van der Waals surface area (Å²) in [5.74, 6) is 0.147.